The highest BCUT2D eigenvalue weighted by Gasteiger charge is 2.51. The van der Waals surface area contributed by atoms with E-state index in [-0.39, 0.29) is 11.4 Å². The predicted molar refractivity (Wildman–Crippen MR) is 145 cm³/mol. The number of carbonyl (C=O) groups is 1. The Kier molecular flexibility index (Phi) is 5.35. The smallest absolute Gasteiger partial charge is 0.228 e. The van der Waals surface area contributed by atoms with E-state index in [1.165, 1.54) is 21.9 Å². The maximum atomic E-state index is 12.7. The molecule has 1 aliphatic carbocycles. The van der Waals surface area contributed by atoms with Crippen molar-refractivity contribution >= 4 is 33.1 Å². The Morgan fingerprint density at radius 2 is 1.51 bits per heavy atom. The zero-order valence-corrected chi connectivity index (χ0v) is 19.6. The van der Waals surface area contributed by atoms with Crippen molar-refractivity contribution < 1.29 is 4.79 Å². The van der Waals surface area contributed by atoms with Gasteiger partial charge in [-0.15, -0.1) is 0 Å². The summed E-state index contributed by atoms with van der Waals surface area (Å²) in [6.45, 7) is 0. The molecule has 0 saturated heterocycles. The van der Waals surface area contributed by atoms with Gasteiger partial charge in [-0.3, -0.25) is 4.79 Å². The summed E-state index contributed by atoms with van der Waals surface area (Å²) in [5.74, 6) is 0.333. The molecule has 1 amide bonds. The van der Waals surface area contributed by atoms with Gasteiger partial charge in [0.2, 0.25) is 5.91 Å². The molecule has 3 N–H and O–H groups in total. The first-order valence-corrected chi connectivity index (χ1v) is 12.2. The summed E-state index contributed by atoms with van der Waals surface area (Å²) in [5, 5.41) is 7.84. The van der Waals surface area contributed by atoms with Crippen molar-refractivity contribution in [2.75, 3.05) is 5.32 Å². The number of fused-ring (bicyclic) bond motifs is 2. The van der Waals surface area contributed by atoms with E-state index in [1.807, 2.05) is 36.4 Å². The average molecular weight is 457 g/mol. The third-order valence-electron chi connectivity index (χ3n) is 7.29. The minimum Gasteiger partial charge on any atom is -0.326 e. The zero-order valence-electron chi connectivity index (χ0n) is 19.6. The lowest BCUT2D eigenvalue weighted by molar-refractivity contribution is -0.115. The first-order valence-electron chi connectivity index (χ1n) is 12.2. The third-order valence-corrected chi connectivity index (χ3v) is 7.29. The lowest BCUT2D eigenvalue weighted by Gasteiger charge is -2.13. The monoisotopic (exact) mass is 456 g/mol. The van der Waals surface area contributed by atoms with E-state index in [0.29, 0.717) is 12.3 Å². The maximum absolute atomic E-state index is 12.7. The molecule has 0 heterocycles. The van der Waals surface area contributed by atoms with E-state index >= 15 is 0 Å². The van der Waals surface area contributed by atoms with Crippen molar-refractivity contribution in [1.29, 1.82) is 0 Å². The van der Waals surface area contributed by atoms with Crippen molar-refractivity contribution in [3.8, 4) is 0 Å². The highest BCUT2D eigenvalue weighted by Crippen LogP contribution is 2.51. The summed E-state index contributed by atoms with van der Waals surface area (Å²) in [5.41, 5.74) is 10.9. The fourth-order valence-electron chi connectivity index (χ4n) is 5.32. The molecule has 5 aromatic carbocycles. The van der Waals surface area contributed by atoms with Crippen LogP contribution >= 0.6 is 0 Å². The van der Waals surface area contributed by atoms with Gasteiger partial charge >= 0.3 is 0 Å². The second-order valence-electron chi connectivity index (χ2n) is 9.83. The standard InChI is InChI=1S/C32H28N2O/c33-32(20-22-12-13-23-6-1-2-8-26(23)18-22)21-30(32)25-14-16-28(17-15-25)34-31(35)19-27-10-5-9-24-7-3-4-11-29(24)27/h1-18,30H,19-21,33H2,(H,34,35). The van der Waals surface area contributed by atoms with Crippen LogP contribution in [0, 0.1) is 0 Å². The van der Waals surface area contributed by atoms with Crippen molar-refractivity contribution in [3.05, 3.63) is 126 Å². The summed E-state index contributed by atoms with van der Waals surface area (Å²) in [4.78, 5) is 12.7. The molecule has 35 heavy (non-hydrogen) atoms. The summed E-state index contributed by atoms with van der Waals surface area (Å²) in [6, 6.07) is 37.5. The average Bonchev–Trinajstić information content (AvgIpc) is 3.55. The SMILES string of the molecule is NC1(Cc2ccc3ccccc3c2)CC1c1ccc(NC(=O)Cc2cccc3ccccc23)cc1. The third kappa shape index (κ3) is 4.43. The van der Waals surface area contributed by atoms with Crippen molar-refractivity contribution in [3.63, 3.8) is 0 Å². The molecule has 6 rings (SSSR count). The fraction of sp³-hybridized carbons (Fsp3) is 0.156. The summed E-state index contributed by atoms with van der Waals surface area (Å²) < 4.78 is 0. The van der Waals surface area contributed by atoms with Crippen molar-refractivity contribution in [2.24, 2.45) is 5.73 Å². The van der Waals surface area contributed by atoms with Crippen LogP contribution in [0.1, 0.15) is 29.0 Å². The minimum atomic E-state index is -0.207. The van der Waals surface area contributed by atoms with Gasteiger partial charge in [0.15, 0.2) is 0 Å². The Bertz CT molecular complexity index is 1530. The molecule has 172 valence electrons. The van der Waals surface area contributed by atoms with Crippen LogP contribution in [0.15, 0.2) is 109 Å². The summed E-state index contributed by atoms with van der Waals surface area (Å²) in [6.07, 6.45) is 2.20. The quantitative estimate of drug-likeness (QED) is 0.302. The van der Waals surface area contributed by atoms with Crippen LogP contribution in [0.2, 0.25) is 0 Å². The van der Waals surface area contributed by atoms with E-state index < -0.39 is 0 Å². The molecule has 3 heteroatoms. The van der Waals surface area contributed by atoms with Gasteiger partial charge < -0.3 is 11.1 Å². The van der Waals surface area contributed by atoms with Gasteiger partial charge in [-0.1, -0.05) is 97.1 Å². The van der Waals surface area contributed by atoms with Crippen LogP contribution in [0.25, 0.3) is 21.5 Å². The van der Waals surface area contributed by atoms with E-state index in [0.717, 1.165) is 34.9 Å². The number of rotatable bonds is 6. The molecule has 1 saturated carbocycles. The largest absolute Gasteiger partial charge is 0.326 e. The fourth-order valence-corrected chi connectivity index (χ4v) is 5.32. The van der Waals surface area contributed by atoms with Crippen LogP contribution in [0.5, 0.6) is 0 Å². The highest BCUT2D eigenvalue weighted by molar-refractivity contribution is 5.96. The molecular weight excluding hydrogens is 428 g/mol. The van der Waals surface area contributed by atoms with E-state index in [4.69, 9.17) is 5.73 Å². The Morgan fingerprint density at radius 3 is 2.34 bits per heavy atom. The molecule has 3 nitrogen and oxygen atoms in total. The zero-order chi connectivity index (χ0) is 23.8. The molecule has 1 aliphatic rings. The Morgan fingerprint density at radius 1 is 0.800 bits per heavy atom. The van der Waals surface area contributed by atoms with Gasteiger partial charge in [0.1, 0.15) is 0 Å². The summed E-state index contributed by atoms with van der Waals surface area (Å²) in [7, 11) is 0. The number of nitrogens with two attached hydrogens (primary N) is 1. The topological polar surface area (TPSA) is 55.1 Å². The number of carbonyl (C=O) groups excluding carboxylic acids is 1. The molecule has 0 aromatic heterocycles. The Labute approximate surface area is 205 Å². The Balaban J connectivity index is 1.10. The van der Waals surface area contributed by atoms with E-state index in [2.05, 4.69) is 78.1 Å². The molecule has 0 bridgehead atoms. The summed E-state index contributed by atoms with van der Waals surface area (Å²) >= 11 is 0. The van der Waals surface area contributed by atoms with Gasteiger partial charge in [-0.25, -0.2) is 0 Å². The number of anilines is 1. The van der Waals surface area contributed by atoms with Crippen LogP contribution in [0.4, 0.5) is 5.69 Å². The van der Waals surface area contributed by atoms with Crippen molar-refractivity contribution in [1.82, 2.24) is 0 Å². The Hall–Kier alpha value is -3.95. The van der Waals surface area contributed by atoms with Crippen LogP contribution in [-0.4, -0.2) is 11.4 Å². The first kappa shape index (κ1) is 21.6. The molecule has 2 atom stereocenters. The normalized spacial score (nSPS) is 19.1. The van der Waals surface area contributed by atoms with Gasteiger partial charge in [0.05, 0.1) is 6.42 Å². The molecule has 5 aromatic rings. The predicted octanol–water partition coefficient (Wildman–Crippen LogP) is 6.60. The van der Waals surface area contributed by atoms with Crippen LogP contribution in [-0.2, 0) is 17.6 Å². The molecular formula is C32H28N2O. The van der Waals surface area contributed by atoms with Gasteiger partial charge in [-0.2, -0.15) is 0 Å². The molecule has 0 radical (unpaired) electrons. The number of amides is 1. The van der Waals surface area contributed by atoms with Crippen molar-refractivity contribution in [2.45, 2.75) is 30.7 Å². The second kappa shape index (κ2) is 8.68. The number of hydrogen-bond donors (Lipinski definition) is 2. The van der Waals surface area contributed by atoms with Gasteiger partial charge in [0, 0.05) is 17.1 Å². The maximum Gasteiger partial charge on any atom is 0.228 e. The highest BCUT2D eigenvalue weighted by atomic mass is 16.1. The molecule has 0 spiro atoms. The van der Waals surface area contributed by atoms with Gasteiger partial charge in [-0.05, 0) is 63.2 Å². The first-order chi connectivity index (χ1) is 17.1. The van der Waals surface area contributed by atoms with E-state index in [9.17, 15) is 4.79 Å². The van der Waals surface area contributed by atoms with Crippen LogP contribution < -0.4 is 11.1 Å². The molecule has 0 aliphatic heterocycles. The molecule has 1 fully saturated rings. The van der Waals surface area contributed by atoms with Crippen LogP contribution in [0.3, 0.4) is 0 Å². The van der Waals surface area contributed by atoms with Gasteiger partial charge in [0.25, 0.3) is 0 Å². The number of hydrogen-bond acceptors (Lipinski definition) is 2. The second-order valence-corrected chi connectivity index (χ2v) is 9.83. The lowest BCUT2D eigenvalue weighted by atomic mass is 9.97. The number of nitrogens with one attached hydrogen (secondary N) is 1. The minimum absolute atomic E-state index is 0.00926. The lowest BCUT2D eigenvalue weighted by Crippen LogP contribution is -2.27. The molecule has 2 unspecified atom stereocenters. The number of benzene rings is 5. The van der Waals surface area contributed by atoms with E-state index in [1.54, 1.807) is 0 Å².